The van der Waals surface area contributed by atoms with Crippen LogP contribution in [0.1, 0.15) is 50.6 Å². The van der Waals surface area contributed by atoms with Crippen LogP contribution in [0.3, 0.4) is 0 Å². The van der Waals surface area contributed by atoms with Crippen molar-refractivity contribution < 1.29 is 36.9 Å². The summed E-state index contributed by atoms with van der Waals surface area (Å²) in [5, 5.41) is 13.7. The highest BCUT2D eigenvalue weighted by Gasteiger charge is 2.44. The fraction of sp³-hybridized carbons (Fsp3) is 0.143. The summed E-state index contributed by atoms with van der Waals surface area (Å²) in [5.41, 5.74) is 9.18. The standard InChI is InChI=1S/C70H54B2N6O8/c1-41(2)39-79-47-20-16-18-45(36-47)65-62-63(68(64(74-7)70-76-55-35-44(6)31-33-61(55)82-70)78(65)72-85-58-28-14-10-24-51(58)52-25-11-15-29-59(52)86-72)66(46-19-17-21-48(37-46)80-40-42(3)4)77(67(62)53(38-73)69-75-54-34-43(5)30-32-60(54)81-69)71-83-56-26-12-8-22-49(56)50-23-9-13-27-57(50)84-71/h8-37,41-42H,39-40H2,1-6H3/b67-53-,68-64+. The van der Waals surface area contributed by atoms with E-state index in [1.54, 1.807) is 0 Å². The number of rotatable bonds is 12. The van der Waals surface area contributed by atoms with E-state index in [0.29, 0.717) is 103 Å². The van der Waals surface area contributed by atoms with Crippen LogP contribution in [0.2, 0.25) is 0 Å². The molecule has 0 bridgehead atoms. The van der Waals surface area contributed by atoms with Gasteiger partial charge in [0.05, 0.1) is 41.9 Å². The van der Waals surface area contributed by atoms with E-state index in [2.05, 4.69) is 38.6 Å². The van der Waals surface area contributed by atoms with Gasteiger partial charge >= 0.3 is 14.5 Å². The Morgan fingerprint density at radius 2 is 0.930 bits per heavy atom. The number of fused-ring (bicyclic) bond motifs is 9. The van der Waals surface area contributed by atoms with Crippen LogP contribution in [-0.4, -0.2) is 46.6 Å². The SMILES string of the molecule is [C-]#[N+]/C(c1nc2cc(C)ccc2o1)=c1\c2c(-c3cccc(OCC(C)C)c3)n(B3Oc4ccccc4-c4ccccc4O3)/c(=C(/C#N)c3nc4cc(C)ccc4o3)c2c(-c2cccc(OCC(C)C)c2)n1B1Oc2ccccc2-c2ccccc2O1. The number of hydrogen-bond donors (Lipinski definition) is 0. The highest BCUT2D eigenvalue weighted by Crippen LogP contribution is 2.45. The largest absolute Gasteiger partial charge is 0.743 e. The van der Waals surface area contributed by atoms with E-state index < -0.39 is 14.5 Å². The summed E-state index contributed by atoms with van der Waals surface area (Å²) in [6.07, 6.45) is 0. The molecule has 0 atom stereocenters. The van der Waals surface area contributed by atoms with E-state index in [0.717, 1.165) is 33.4 Å². The van der Waals surface area contributed by atoms with Gasteiger partial charge in [0.25, 0.3) is 5.70 Å². The first-order valence-electron chi connectivity index (χ1n) is 28.6. The molecule has 0 radical (unpaired) electrons. The lowest BCUT2D eigenvalue weighted by Gasteiger charge is -2.21. The third-order valence-electron chi connectivity index (χ3n) is 15.2. The van der Waals surface area contributed by atoms with Crippen molar-refractivity contribution in [2.24, 2.45) is 11.8 Å². The van der Waals surface area contributed by atoms with Crippen LogP contribution >= 0.6 is 0 Å². The maximum atomic E-state index is 12.3. The summed E-state index contributed by atoms with van der Waals surface area (Å²) in [5.74, 6) is 3.60. The minimum absolute atomic E-state index is 0.00765. The van der Waals surface area contributed by atoms with Gasteiger partial charge in [0.2, 0.25) is 11.8 Å². The Labute approximate surface area is 496 Å². The highest BCUT2D eigenvalue weighted by molar-refractivity contribution is 6.49. The fourth-order valence-corrected chi connectivity index (χ4v) is 11.4. The number of oxazole rings is 2. The number of benzene rings is 8. The minimum atomic E-state index is -1.39. The van der Waals surface area contributed by atoms with Crippen molar-refractivity contribution in [2.75, 3.05) is 13.2 Å². The summed E-state index contributed by atoms with van der Waals surface area (Å²) < 4.78 is 59.7. The first-order chi connectivity index (χ1) is 42.0. The molecule has 86 heavy (non-hydrogen) atoms. The lowest BCUT2D eigenvalue weighted by atomic mass is 10.0. The van der Waals surface area contributed by atoms with Crippen molar-refractivity contribution in [3.63, 3.8) is 0 Å². The Kier molecular flexibility index (Phi) is 13.4. The van der Waals surface area contributed by atoms with Crippen LogP contribution in [0.4, 0.5) is 0 Å². The van der Waals surface area contributed by atoms with Crippen LogP contribution < -0.4 is 38.8 Å². The van der Waals surface area contributed by atoms with Crippen LogP contribution in [0.5, 0.6) is 34.5 Å². The van der Waals surface area contributed by atoms with E-state index in [9.17, 15) is 11.8 Å². The van der Waals surface area contributed by atoms with Crippen LogP contribution in [0.15, 0.2) is 191 Å². The van der Waals surface area contributed by atoms with Gasteiger partial charge in [0.1, 0.15) is 57.2 Å². The molecular formula is C70H54B2N6O8. The first-order valence-corrected chi connectivity index (χ1v) is 28.6. The maximum absolute atomic E-state index is 12.3. The molecule has 0 fully saturated rings. The Bertz CT molecular complexity index is 4510. The van der Waals surface area contributed by atoms with E-state index in [-0.39, 0.29) is 45.6 Å². The lowest BCUT2D eigenvalue weighted by molar-refractivity contribution is 0.271. The molecule has 0 saturated carbocycles. The van der Waals surface area contributed by atoms with Crippen LogP contribution in [0, 0.1) is 43.6 Å². The van der Waals surface area contributed by atoms with Gasteiger partial charge < -0.3 is 45.9 Å². The van der Waals surface area contributed by atoms with Crippen molar-refractivity contribution in [2.45, 2.75) is 41.5 Å². The molecule has 14 nitrogen and oxygen atoms in total. The third-order valence-corrected chi connectivity index (χ3v) is 15.2. The normalized spacial score (nSPS) is 13.3. The molecule has 2 aliphatic heterocycles. The number of ether oxygens (including phenoxy) is 2. The molecule has 0 aliphatic carbocycles. The summed E-state index contributed by atoms with van der Waals surface area (Å²) in [4.78, 5) is 14.7. The third kappa shape index (κ3) is 9.42. The number of aryl methyl sites for hydroxylation is 2. The smallest absolute Gasteiger partial charge is 0.506 e. The Morgan fingerprint density at radius 3 is 1.36 bits per heavy atom. The van der Waals surface area contributed by atoms with Crippen molar-refractivity contribution >= 4 is 58.7 Å². The summed E-state index contributed by atoms with van der Waals surface area (Å²) in [6, 6.07) is 60.6. The predicted octanol–water partition coefficient (Wildman–Crippen LogP) is 14.5. The number of aromatic nitrogens is 4. The number of hydrogen-bond acceptors (Lipinski definition) is 11. The second-order valence-corrected chi connectivity index (χ2v) is 22.3. The second kappa shape index (κ2) is 21.7. The zero-order chi connectivity index (χ0) is 58.7. The Morgan fingerprint density at radius 1 is 0.523 bits per heavy atom. The van der Waals surface area contributed by atoms with Gasteiger partial charge in [-0.05, 0) is 110 Å². The van der Waals surface area contributed by atoms with E-state index >= 15 is 0 Å². The van der Waals surface area contributed by atoms with E-state index in [1.807, 2.05) is 205 Å². The molecule has 6 heterocycles. The molecule has 0 saturated heterocycles. The van der Waals surface area contributed by atoms with Gasteiger partial charge in [-0.2, -0.15) is 5.26 Å². The summed E-state index contributed by atoms with van der Waals surface area (Å²) in [6.45, 7) is 22.7. The van der Waals surface area contributed by atoms with Crippen molar-refractivity contribution in [1.29, 1.82) is 5.26 Å². The van der Waals surface area contributed by atoms with Crippen molar-refractivity contribution in [3.05, 3.63) is 227 Å². The van der Waals surface area contributed by atoms with E-state index in [4.69, 9.17) is 46.9 Å². The molecule has 0 unspecified atom stereocenters. The maximum Gasteiger partial charge on any atom is 0.743 e. The predicted molar refractivity (Wildman–Crippen MR) is 334 cm³/mol. The van der Waals surface area contributed by atoms with Crippen molar-refractivity contribution in [3.8, 4) is 85.3 Å². The number of para-hydroxylation sites is 4. The molecule has 418 valence electrons. The zero-order valence-corrected chi connectivity index (χ0v) is 48.0. The highest BCUT2D eigenvalue weighted by atomic mass is 16.6. The molecule has 0 N–H and O–H groups in total. The topological polar surface area (TPSA) is 145 Å². The summed E-state index contributed by atoms with van der Waals surface area (Å²) in [7, 11) is -2.78. The number of nitriles is 1. The average Bonchev–Trinajstić information content (AvgIpc) is 1.56. The van der Waals surface area contributed by atoms with Gasteiger partial charge in [-0.15, -0.1) is 0 Å². The second-order valence-electron chi connectivity index (χ2n) is 22.3. The minimum Gasteiger partial charge on any atom is -0.506 e. The fourth-order valence-electron chi connectivity index (χ4n) is 11.4. The zero-order valence-electron chi connectivity index (χ0n) is 48.0. The molecular weight excluding hydrogens is 1070 g/mol. The lowest BCUT2D eigenvalue weighted by Crippen LogP contribution is -2.46. The number of nitrogens with zero attached hydrogens (tertiary/aromatic N) is 6. The first kappa shape index (κ1) is 53.2. The van der Waals surface area contributed by atoms with Gasteiger partial charge in [-0.25, -0.2) is 14.8 Å². The Balaban J connectivity index is 1.26. The Hall–Kier alpha value is -10.8. The van der Waals surface area contributed by atoms with Gasteiger partial charge in [-0.3, -0.25) is 0 Å². The molecule has 14 rings (SSSR count). The quantitative estimate of drug-likeness (QED) is 0.0851. The van der Waals surface area contributed by atoms with Gasteiger partial charge in [0.15, 0.2) is 11.2 Å². The molecule has 8 aromatic carbocycles. The van der Waals surface area contributed by atoms with Crippen LogP contribution in [-0.2, 0) is 0 Å². The molecule has 2 aliphatic rings. The average molecular weight is 1130 g/mol. The van der Waals surface area contributed by atoms with Crippen molar-refractivity contribution in [1.82, 2.24) is 18.9 Å². The molecule has 0 amide bonds. The molecule has 0 spiro atoms. The van der Waals surface area contributed by atoms with E-state index in [1.165, 1.54) is 0 Å². The van der Waals surface area contributed by atoms with Gasteiger partial charge in [0, 0.05) is 44.2 Å². The van der Waals surface area contributed by atoms with Gasteiger partial charge in [-0.1, -0.05) is 137 Å². The monoisotopic (exact) mass is 1130 g/mol. The van der Waals surface area contributed by atoms with Crippen LogP contribution in [0.25, 0.3) is 93.9 Å². The molecule has 12 aromatic rings. The summed E-state index contributed by atoms with van der Waals surface area (Å²) >= 11 is 0. The molecule has 16 heteroatoms. The molecule has 4 aromatic heterocycles.